The SMILES string of the molecule is COc1ccc([C@@H]2CCN(C(=O)OC(C)(C)C)CC2=O)c(C)c1. The van der Waals surface area contributed by atoms with Crippen LogP contribution in [0.3, 0.4) is 0 Å². The van der Waals surface area contributed by atoms with Crippen LogP contribution in [0.1, 0.15) is 44.2 Å². The van der Waals surface area contributed by atoms with Gasteiger partial charge < -0.3 is 14.4 Å². The molecule has 0 aliphatic carbocycles. The standard InChI is InChI=1S/C18H25NO4/c1-12-10-13(22-5)6-7-14(12)15-8-9-19(11-16(15)20)17(21)23-18(2,3)4/h6-7,10,15H,8-9,11H2,1-5H3/t15-/m0/s1. The number of piperidine rings is 1. The second-order valence-corrected chi connectivity index (χ2v) is 6.93. The van der Waals surface area contributed by atoms with Gasteiger partial charge in [0.15, 0.2) is 5.78 Å². The number of Topliss-reactive ketones (excluding diaryl/α,β-unsaturated/α-hetero) is 1. The Morgan fingerprint density at radius 3 is 2.52 bits per heavy atom. The minimum Gasteiger partial charge on any atom is -0.497 e. The Balaban J connectivity index is 2.07. The van der Waals surface area contributed by atoms with Gasteiger partial charge in [-0.25, -0.2) is 4.79 Å². The van der Waals surface area contributed by atoms with E-state index in [0.717, 1.165) is 16.9 Å². The highest BCUT2D eigenvalue weighted by atomic mass is 16.6. The van der Waals surface area contributed by atoms with Gasteiger partial charge in [-0.1, -0.05) is 6.07 Å². The summed E-state index contributed by atoms with van der Waals surface area (Å²) in [6.45, 7) is 8.06. The first-order valence-corrected chi connectivity index (χ1v) is 7.86. The molecular weight excluding hydrogens is 294 g/mol. The third-order valence-corrected chi connectivity index (χ3v) is 3.93. The van der Waals surface area contributed by atoms with Gasteiger partial charge in [0.1, 0.15) is 11.4 Å². The summed E-state index contributed by atoms with van der Waals surface area (Å²) < 4.78 is 10.5. The van der Waals surface area contributed by atoms with Crippen molar-refractivity contribution in [1.82, 2.24) is 4.90 Å². The predicted octanol–water partition coefficient (Wildman–Crippen LogP) is 3.30. The third-order valence-electron chi connectivity index (χ3n) is 3.93. The first-order valence-electron chi connectivity index (χ1n) is 7.86. The molecule has 0 saturated carbocycles. The molecule has 0 aromatic heterocycles. The maximum Gasteiger partial charge on any atom is 0.410 e. The van der Waals surface area contributed by atoms with Gasteiger partial charge in [0.05, 0.1) is 13.7 Å². The number of carbonyl (C=O) groups excluding carboxylic acids is 2. The average Bonchev–Trinajstić information content (AvgIpc) is 2.45. The quantitative estimate of drug-likeness (QED) is 0.839. The Morgan fingerprint density at radius 2 is 2.00 bits per heavy atom. The number of amides is 1. The zero-order chi connectivity index (χ0) is 17.2. The summed E-state index contributed by atoms with van der Waals surface area (Å²) >= 11 is 0. The molecule has 1 aromatic carbocycles. The predicted molar refractivity (Wildman–Crippen MR) is 87.9 cm³/mol. The third kappa shape index (κ3) is 4.24. The number of carbonyl (C=O) groups is 2. The molecule has 2 rings (SSSR count). The van der Waals surface area contributed by atoms with Gasteiger partial charge in [0.2, 0.25) is 0 Å². The molecule has 1 aliphatic heterocycles. The van der Waals surface area contributed by atoms with E-state index in [1.807, 2.05) is 45.9 Å². The maximum absolute atomic E-state index is 12.5. The van der Waals surface area contributed by atoms with Gasteiger partial charge >= 0.3 is 6.09 Å². The van der Waals surface area contributed by atoms with Crippen LogP contribution in [0.25, 0.3) is 0 Å². The van der Waals surface area contributed by atoms with Crippen LogP contribution in [-0.4, -0.2) is 42.6 Å². The van der Waals surface area contributed by atoms with Crippen molar-refractivity contribution in [3.63, 3.8) is 0 Å². The molecular formula is C18H25NO4. The lowest BCUT2D eigenvalue weighted by atomic mass is 9.86. The number of benzene rings is 1. The van der Waals surface area contributed by atoms with Gasteiger partial charge in [-0.3, -0.25) is 4.79 Å². The van der Waals surface area contributed by atoms with Crippen molar-refractivity contribution in [3.8, 4) is 5.75 Å². The lowest BCUT2D eigenvalue weighted by Gasteiger charge is -2.33. The second kappa shape index (κ2) is 6.60. The molecule has 0 bridgehead atoms. The van der Waals surface area contributed by atoms with Crippen LogP contribution < -0.4 is 4.74 Å². The van der Waals surface area contributed by atoms with E-state index >= 15 is 0 Å². The lowest BCUT2D eigenvalue weighted by Crippen LogP contribution is -2.45. The van der Waals surface area contributed by atoms with Gasteiger partial charge in [-0.05, 0) is 57.4 Å². The second-order valence-electron chi connectivity index (χ2n) is 6.93. The monoisotopic (exact) mass is 319 g/mol. The number of rotatable bonds is 2. The van der Waals surface area contributed by atoms with E-state index in [9.17, 15) is 9.59 Å². The largest absolute Gasteiger partial charge is 0.497 e. The van der Waals surface area contributed by atoms with Crippen molar-refractivity contribution in [2.24, 2.45) is 0 Å². The number of ketones is 1. The summed E-state index contributed by atoms with van der Waals surface area (Å²) in [5, 5.41) is 0. The highest BCUT2D eigenvalue weighted by Crippen LogP contribution is 2.30. The van der Waals surface area contributed by atoms with Crippen LogP contribution in [0.4, 0.5) is 4.79 Å². The number of hydrogen-bond donors (Lipinski definition) is 0. The highest BCUT2D eigenvalue weighted by Gasteiger charge is 2.33. The van der Waals surface area contributed by atoms with Crippen molar-refractivity contribution in [2.45, 2.75) is 45.6 Å². The van der Waals surface area contributed by atoms with Crippen molar-refractivity contribution >= 4 is 11.9 Å². The Morgan fingerprint density at radius 1 is 1.30 bits per heavy atom. The molecule has 0 radical (unpaired) electrons. The summed E-state index contributed by atoms with van der Waals surface area (Å²) in [5.41, 5.74) is 1.50. The van der Waals surface area contributed by atoms with E-state index in [0.29, 0.717) is 13.0 Å². The molecule has 1 atom stereocenters. The smallest absolute Gasteiger partial charge is 0.410 e. The molecule has 1 fully saturated rings. The fourth-order valence-corrected chi connectivity index (χ4v) is 2.80. The van der Waals surface area contributed by atoms with Crippen LogP contribution in [0.2, 0.25) is 0 Å². The molecule has 5 nitrogen and oxygen atoms in total. The lowest BCUT2D eigenvalue weighted by molar-refractivity contribution is -0.123. The van der Waals surface area contributed by atoms with E-state index in [-0.39, 0.29) is 18.2 Å². The Labute approximate surface area is 137 Å². The van der Waals surface area contributed by atoms with Crippen LogP contribution in [0, 0.1) is 6.92 Å². The molecule has 1 saturated heterocycles. The summed E-state index contributed by atoms with van der Waals surface area (Å²) in [4.78, 5) is 26.1. The number of nitrogens with zero attached hydrogens (tertiary/aromatic N) is 1. The zero-order valence-electron chi connectivity index (χ0n) is 14.5. The number of ether oxygens (including phenoxy) is 2. The van der Waals surface area contributed by atoms with Gasteiger partial charge in [-0.2, -0.15) is 0 Å². The minimum absolute atomic E-state index is 0.0513. The molecule has 0 spiro atoms. The Bertz CT molecular complexity index is 604. The van der Waals surface area contributed by atoms with Crippen LogP contribution in [0.15, 0.2) is 18.2 Å². The number of likely N-dealkylation sites (tertiary alicyclic amines) is 1. The summed E-state index contributed by atoms with van der Waals surface area (Å²) in [6, 6.07) is 5.75. The van der Waals surface area contributed by atoms with E-state index in [2.05, 4.69) is 0 Å². The molecule has 1 aliphatic rings. The van der Waals surface area contributed by atoms with Crippen molar-refractivity contribution in [3.05, 3.63) is 29.3 Å². The van der Waals surface area contributed by atoms with Crippen LogP contribution >= 0.6 is 0 Å². The summed E-state index contributed by atoms with van der Waals surface area (Å²) in [7, 11) is 1.62. The fourth-order valence-electron chi connectivity index (χ4n) is 2.80. The van der Waals surface area contributed by atoms with Crippen LogP contribution in [0.5, 0.6) is 5.75 Å². The van der Waals surface area contributed by atoms with E-state index < -0.39 is 11.7 Å². The van der Waals surface area contributed by atoms with Crippen molar-refractivity contribution < 1.29 is 19.1 Å². The average molecular weight is 319 g/mol. The van der Waals surface area contributed by atoms with E-state index in [1.54, 1.807) is 7.11 Å². The van der Waals surface area contributed by atoms with Crippen molar-refractivity contribution in [2.75, 3.05) is 20.2 Å². The van der Waals surface area contributed by atoms with Gasteiger partial charge in [0, 0.05) is 12.5 Å². The molecule has 126 valence electrons. The fraction of sp³-hybridized carbons (Fsp3) is 0.556. The number of hydrogen-bond acceptors (Lipinski definition) is 4. The molecule has 0 unspecified atom stereocenters. The van der Waals surface area contributed by atoms with E-state index in [4.69, 9.17) is 9.47 Å². The first-order chi connectivity index (χ1) is 10.7. The van der Waals surface area contributed by atoms with E-state index in [1.165, 1.54) is 4.90 Å². The summed E-state index contributed by atoms with van der Waals surface area (Å²) in [6.07, 6.45) is 0.196. The van der Waals surface area contributed by atoms with Crippen molar-refractivity contribution in [1.29, 1.82) is 0 Å². The molecule has 1 heterocycles. The Kier molecular flexibility index (Phi) is 4.97. The minimum atomic E-state index is -0.552. The highest BCUT2D eigenvalue weighted by molar-refractivity contribution is 5.91. The molecule has 0 N–H and O–H groups in total. The number of methoxy groups -OCH3 is 1. The van der Waals surface area contributed by atoms with Crippen LogP contribution in [-0.2, 0) is 9.53 Å². The Hall–Kier alpha value is -2.04. The molecule has 5 heteroatoms. The number of aryl methyl sites for hydroxylation is 1. The first kappa shape index (κ1) is 17.3. The molecule has 1 aromatic rings. The maximum atomic E-state index is 12.5. The topological polar surface area (TPSA) is 55.8 Å². The van der Waals surface area contributed by atoms with Gasteiger partial charge in [0.25, 0.3) is 0 Å². The van der Waals surface area contributed by atoms with Gasteiger partial charge in [-0.15, -0.1) is 0 Å². The summed E-state index contributed by atoms with van der Waals surface area (Å²) in [5.74, 6) is 0.667. The molecule has 1 amide bonds. The zero-order valence-corrected chi connectivity index (χ0v) is 14.5. The normalized spacial score (nSPS) is 18.7. The molecule has 23 heavy (non-hydrogen) atoms.